The van der Waals surface area contributed by atoms with E-state index >= 15 is 0 Å². The quantitative estimate of drug-likeness (QED) is 0.858. The van der Waals surface area contributed by atoms with Gasteiger partial charge in [-0.1, -0.05) is 31.2 Å². The topological polar surface area (TPSA) is 50.1 Å². The van der Waals surface area contributed by atoms with Crippen LogP contribution in [0.15, 0.2) is 36.7 Å². The molecule has 21 heavy (non-hydrogen) atoms. The molecule has 2 unspecified atom stereocenters. The first kappa shape index (κ1) is 15.7. The van der Waals surface area contributed by atoms with Crippen molar-refractivity contribution in [1.29, 1.82) is 0 Å². The number of nitrogens with zero attached hydrogens (tertiary/aromatic N) is 2. The Kier molecular flexibility index (Phi) is 4.80. The van der Waals surface area contributed by atoms with Crippen LogP contribution >= 0.6 is 0 Å². The van der Waals surface area contributed by atoms with E-state index in [4.69, 9.17) is 0 Å². The standard InChI is InChI=1S/C17H25N3O/c1-5-14-6-8-15(9-7-14)13(2)18-12-17(3,21)16-10-19-20(4)11-16/h6-11,13,18,21H,5,12H2,1-4H3. The van der Waals surface area contributed by atoms with Crippen molar-refractivity contribution < 1.29 is 5.11 Å². The minimum Gasteiger partial charge on any atom is -0.384 e. The largest absolute Gasteiger partial charge is 0.384 e. The Hall–Kier alpha value is -1.65. The van der Waals surface area contributed by atoms with Gasteiger partial charge in [0.2, 0.25) is 0 Å². The Morgan fingerprint density at radius 2 is 2.00 bits per heavy atom. The van der Waals surface area contributed by atoms with Gasteiger partial charge in [-0.25, -0.2) is 0 Å². The number of hydrogen-bond acceptors (Lipinski definition) is 3. The van der Waals surface area contributed by atoms with Gasteiger partial charge in [0.25, 0.3) is 0 Å². The summed E-state index contributed by atoms with van der Waals surface area (Å²) < 4.78 is 1.71. The molecule has 0 fully saturated rings. The molecule has 2 aromatic rings. The molecule has 0 aliphatic carbocycles. The SMILES string of the molecule is CCc1ccc(C(C)NCC(C)(O)c2cnn(C)c2)cc1. The summed E-state index contributed by atoms with van der Waals surface area (Å²) in [6.45, 7) is 6.56. The van der Waals surface area contributed by atoms with Crippen molar-refractivity contribution in [3.8, 4) is 0 Å². The maximum absolute atomic E-state index is 10.6. The van der Waals surface area contributed by atoms with Crippen molar-refractivity contribution in [1.82, 2.24) is 15.1 Å². The normalized spacial score (nSPS) is 15.7. The molecule has 2 N–H and O–H groups in total. The van der Waals surface area contributed by atoms with Gasteiger partial charge in [-0.15, -0.1) is 0 Å². The van der Waals surface area contributed by atoms with Gasteiger partial charge in [0.1, 0.15) is 5.60 Å². The number of benzene rings is 1. The van der Waals surface area contributed by atoms with Crippen LogP contribution in [0.5, 0.6) is 0 Å². The molecule has 0 aliphatic heterocycles. The molecule has 0 radical (unpaired) electrons. The molecule has 4 heteroatoms. The maximum Gasteiger partial charge on any atom is 0.102 e. The third kappa shape index (κ3) is 3.93. The molecule has 0 saturated carbocycles. The summed E-state index contributed by atoms with van der Waals surface area (Å²) in [6, 6.07) is 8.81. The lowest BCUT2D eigenvalue weighted by molar-refractivity contribution is 0.0543. The highest BCUT2D eigenvalue weighted by molar-refractivity contribution is 5.25. The third-order valence-electron chi connectivity index (χ3n) is 3.97. The van der Waals surface area contributed by atoms with E-state index in [9.17, 15) is 5.11 Å². The van der Waals surface area contributed by atoms with Gasteiger partial charge in [-0.3, -0.25) is 4.68 Å². The lowest BCUT2D eigenvalue weighted by atomic mass is 9.98. The summed E-state index contributed by atoms with van der Waals surface area (Å²) in [5.41, 5.74) is 2.47. The second-order valence-corrected chi connectivity index (χ2v) is 5.87. The number of nitrogens with one attached hydrogen (secondary N) is 1. The molecular weight excluding hydrogens is 262 g/mol. The Morgan fingerprint density at radius 1 is 1.33 bits per heavy atom. The second kappa shape index (κ2) is 6.41. The summed E-state index contributed by atoms with van der Waals surface area (Å²) >= 11 is 0. The van der Waals surface area contributed by atoms with Gasteiger partial charge >= 0.3 is 0 Å². The highest BCUT2D eigenvalue weighted by atomic mass is 16.3. The molecule has 0 amide bonds. The highest BCUT2D eigenvalue weighted by Gasteiger charge is 2.25. The zero-order chi connectivity index (χ0) is 15.5. The Morgan fingerprint density at radius 3 is 2.52 bits per heavy atom. The van der Waals surface area contributed by atoms with Gasteiger partial charge < -0.3 is 10.4 Å². The number of aryl methyl sites for hydroxylation is 2. The third-order valence-corrected chi connectivity index (χ3v) is 3.97. The van der Waals surface area contributed by atoms with Crippen molar-refractivity contribution in [2.24, 2.45) is 7.05 Å². The fourth-order valence-corrected chi connectivity index (χ4v) is 2.31. The van der Waals surface area contributed by atoms with Gasteiger partial charge in [-0.2, -0.15) is 5.10 Å². The van der Waals surface area contributed by atoms with E-state index in [1.165, 1.54) is 11.1 Å². The van der Waals surface area contributed by atoms with Crippen molar-refractivity contribution in [2.45, 2.75) is 38.8 Å². The minimum absolute atomic E-state index is 0.194. The second-order valence-electron chi connectivity index (χ2n) is 5.87. The maximum atomic E-state index is 10.6. The monoisotopic (exact) mass is 287 g/mol. The molecule has 0 saturated heterocycles. The van der Waals surface area contributed by atoms with Crippen molar-refractivity contribution in [2.75, 3.05) is 6.54 Å². The van der Waals surface area contributed by atoms with Crippen molar-refractivity contribution >= 4 is 0 Å². The van der Waals surface area contributed by atoms with Crippen LogP contribution in [0.2, 0.25) is 0 Å². The van der Waals surface area contributed by atoms with E-state index in [0.29, 0.717) is 6.54 Å². The van der Waals surface area contributed by atoms with Crippen LogP contribution in [0.25, 0.3) is 0 Å². The fourth-order valence-electron chi connectivity index (χ4n) is 2.31. The van der Waals surface area contributed by atoms with Crippen LogP contribution in [-0.2, 0) is 19.1 Å². The van der Waals surface area contributed by atoms with Crippen LogP contribution in [0.3, 0.4) is 0 Å². The first-order valence-corrected chi connectivity index (χ1v) is 7.46. The minimum atomic E-state index is -0.925. The lowest BCUT2D eigenvalue weighted by Gasteiger charge is -2.25. The Bertz CT molecular complexity index is 572. The predicted octanol–water partition coefficient (Wildman–Crippen LogP) is 2.54. The lowest BCUT2D eigenvalue weighted by Crippen LogP contribution is -2.36. The summed E-state index contributed by atoms with van der Waals surface area (Å²) in [5.74, 6) is 0. The van der Waals surface area contributed by atoms with Crippen molar-refractivity contribution in [3.63, 3.8) is 0 Å². The number of aromatic nitrogens is 2. The molecule has 114 valence electrons. The summed E-state index contributed by atoms with van der Waals surface area (Å²) in [7, 11) is 1.85. The van der Waals surface area contributed by atoms with Gasteiger partial charge in [0.15, 0.2) is 0 Å². The summed E-state index contributed by atoms with van der Waals surface area (Å²) in [4.78, 5) is 0. The first-order chi connectivity index (χ1) is 9.92. The average Bonchev–Trinajstić information content (AvgIpc) is 2.92. The molecule has 1 aromatic heterocycles. The highest BCUT2D eigenvalue weighted by Crippen LogP contribution is 2.21. The molecule has 2 rings (SSSR count). The van der Waals surface area contributed by atoms with E-state index in [1.54, 1.807) is 10.9 Å². The average molecular weight is 287 g/mol. The number of aliphatic hydroxyl groups is 1. The summed E-state index contributed by atoms with van der Waals surface area (Å²) in [6.07, 6.45) is 4.61. The van der Waals surface area contributed by atoms with E-state index < -0.39 is 5.60 Å². The van der Waals surface area contributed by atoms with E-state index in [-0.39, 0.29) is 6.04 Å². The van der Waals surface area contributed by atoms with Crippen LogP contribution in [-0.4, -0.2) is 21.4 Å². The number of rotatable bonds is 6. The molecule has 2 atom stereocenters. The number of hydrogen-bond donors (Lipinski definition) is 2. The van der Waals surface area contributed by atoms with E-state index in [0.717, 1.165) is 12.0 Å². The Labute approximate surface area is 126 Å². The predicted molar refractivity (Wildman–Crippen MR) is 85.0 cm³/mol. The molecule has 1 heterocycles. The van der Waals surface area contributed by atoms with Crippen LogP contribution in [0.1, 0.15) is 43.5 Å². The smallest absolute Gasteiger partial charge is 0.102 e. The van der Waals surface area contributed by atoms with Crippen LogP contribution < -0.4 is 5.32 Å². The van der Waals surface area contributed by atoms with Gasteiger partial charge in [0.05, 0.1) is 6.20 Å². The van der Waals surface area contributed by atoms with Crippen LogP contribution in [0.4, 0.5) is 0 Å². The van der Waals surface area contributed by atoms with E-state index in [2.05, 4.69) is 48.5 Å². The molecule has 0 aliphatic rings. The molecule has 0 spiro atoms. The Balaban J connectivity index is 1.97. The fraction of sp³-hybridized carbons (Fsp3) is 0.471. The van der Waals surface area contributed by atoms with Gasteiger partial charge in [-0.05, 0) is 31.4 Å². The van der Waals surface area contributed by atoms with Crippen molar-refractivity contribution in [3.05, 3.63) is 53.3 Å². The summed E-state index contributed by atoms with van der Waals surface area (Å²) in [5, 5.41) is 18.1. The first-order valence-electron chi connectivity index (χ1n) is 7.46. The molecule has 4 nitrogen and oxygen atoms in total. The molecule has 1 aromatic carbocycles. The zero-order valence-corrected chi connectivity index (χ0v) is 13.3. The molecule has 0 bridgehead atoms. The zero-order valence-electron chi connectivity index (χ0n) is 13.3. The van der Waals surface area contributed by atoms with Crippen LogP contribution in [0, 0.1) is 0 Å². The molecular formula is C17H25N3O. The van der Waals surface area contributed by atoms with E-state index in [1.807, 2.05) is 20.2 Å². The van der Waals surface area contributed by atoms with Gasteiger partial charge in [0, 0.05) is 31.4 Å².